The van der Waals surface area contributed by atoms with Crippen LogP contribution in [-0.2, 0) is 6.54 Å². The van der Waals surface area contributed by atoms with Gasteiger partial charge in [-0.2, -0.15) is 0 Å². The quantitative estimate of drug-likeness (QED) is 0.253. The van der Waals surface area contributed by atoms with E-state index < -0.39 is 0 Å². The van der Waals surface area contributed by atoms with E-state index in [0.29, 0.717) is 17.1 Å². The number of rotatable bonds is 6. The van der Waals surface area contributed by atoms with Crippen molar-refractivity contribution in [2.45, 2.75) is 39.4 Å². The molecule has 0 saturated carbocycles. The van der Waals surface area contributed by atoms with Crippen LogP contribution in [0.2, 0.25) is 0 Å². The molecular formula is C19H20N2O2S3. The summed E-state index contributed by atoms with van der Waals surface area (Å²) < 4.78 is 1.61. The molecule has 0 N–H and O–H groups in total. The van der Waals surface area contributed by atoms with Crippen molar-refractivity contribution in [1.82, 2.24) is 9.55 Å². The molecule has 3 heterocycles. The molecule has 3 aromatic heterocycles. The smallest absolute Gasteiger partial charge is 0.263 e. The summed E-state index contributed by atoms with van der Waals surface area (Å²) in [6.07, 6.45) is 1.68. The molecule has 0 fully saturated rings. The van der Waals surface area contributed by atoms with Crippen LogP contribution in [0.4, 0.5) is 0 Å². The van der Waals surface area contributed by atoms with Gasteiger partial charge < -0.3 is 0 Å². The molecule has 3 aromatic rings. The zero-order valence-corrected chi connectivity index (χ0v) is 17.7. The third kappa shape index (κ3) is 3.43. The largest absolute Gasteiger partial charge is 0.293 e. The van der Waals surface area contributed by atoms with Crippen LogP contribution in [0.1, 0.15) is 30.6 Å². The lowest BCUT2D eigenvalue weighted by atomic mass is 10.2. The molecule has 136 valence electrons. The van der Waals surface area contributed by atoms with E-state index in [4.69, 9.17) is 0 Å². The summed E-state index contributed by atoms with van der Waals surface area (Å²) in [6.45, 7) is 12.0. The standard InChI is InChI=1S/C19H20N2O2S3/c1-6-7-21-18(23)16-11(3)12(4)26-17(16)20-19(21)24-9-15(22)14-8-10(2)25-13(14)5/h6,8H,1,7,9H2,2-5H3. The number of carbonyl (C=O) groups is 1. The Morgan fingerprint density at radius 2 is 2.00 bits per heavy atom. The first-order chi connectivity index (χ1) is 12.3. The molecule has 0 atom stereocenters. The van der Waals surface area contributed by atoms with Crippen LogP contribution >= 0.6 is 34.4 Å². The van der Waals surface area contributed by atoms with Crippen molar-refractivity contribution >= 4 is 50.4 Å². The maximum Gasteiger partial charge on any atom is 0.263 e. The fourth-order valence-electron chi connectivity index (χ4n) is 2.82. The molecule has 26 heavy (non-hydrogen) atoms. The lowest BCUT2D eigenvalue weighted by Gasteiger charge is -2.10. The van der Waals surface area contributed by atoms with Crippen molar-refractivity contribution in [3.63, 3.8) is 0 Å². The average molecular weight is 405 g/mol. The fraction of sp³-hybridized carbons (Fsp3) is 0.316. The molecule has 0 saturated heterocycles. The number of thiophene rings is 2. The number of aromatic nitrogens is 2. The molecule has 0 radical (unpaired) electrons. The second-order valence-corrected chi connectivity index (χ2v) is 9.71. The first-order valence-corrected chi connectivity index (χ1v) is 10.8. The number of thioether (sulfide) groups is 1. The summed E-state index contributed by atoms with van der Waals surface area (Å²) >= 11 is 4.47. The molecule has 0 aliphatic carbocycles. The average Bonchev–Trinajstić information content (AvgIpc) is 3.07. The first kappa shape index (κ1) is 19.1. The molecule has 0 amide bonds. The third-order valence-electron chi connectivity index (χ3n) is 4.24. The zero-order chi connectivity index (χ0) is 19.0. The Morgan fingerprint density at radius 3 is 2.62 bits per heavy atom. The number of fused-ring (bicyclic) bond motifs is 1. The van der Waals surface area contributed by atoms with Gasteiger partial charge in [0.25, 0.3) is 5.56 Å². The molecule has 0 bridgehead atoms. The van der Waals surface area contributed by atoms with Gasteiger partial charge in [-0.25, -0.2) is 4.98 Å². The van der Waals surface area contributed by atoms with E-state index in [1.54, 1.807) is 22.0 Å². The molecule has 0 spiro atoms. The fourth-order valence-corrected chi connectivity index (χ4v) is 5.73. The molecule has 3 rings (SSSR count). The molecular weight excluding hydrogens is 384 g/mol. The van der Waals surface area contributed by atoms with E-state index in [1.807, 2.05) is 33.8 Å². The number of carbonyl (C=O) groups excluding carboxylic acids is 1. The minimum absolute atomic E-state index is 0.0609. The number of aryl methyl sites for hydroxylation is 4. The summed E-state index contributed by atoms with van der Waals surface area (Å²) in [5.74, 6) is 0.324. The highest BCUT2D eigenvalue weighted by atomic mass is 32.2. The van der Waals surface area contributed by atoms with Gasteiger partial charge in [0, 0.05) is 26.7 Å². The van der Waals surface area contributed by atoms with E-state index >= 15 is 0 Å². The first-order valence-electron chi connectivity index (χ1n) is 8.18. The van der Waals surface area contributed by atoms with Gasteiger partial charge in [-0.15, -0.1) is 29.3 Å². The van der Waals surface area contributed by atoms with Gasteiger partial charge in [-0.1, -0.05) is 17.8 Å². The van der Waals surface area contributed by atoms with Crippen molar-refractivity contribution in [2.24, 2.45) is 0 Å². The van der Waals surface area contributed by atoms with Gasteiger partial charge >= 0.3 is 0 Å². The number of allylic oxidation sites excluding steroid dienone is 1. The van der Waals surface area contributed by atoms with Crippen molar-refractivity contribution < 1.29 is 4.79 Å². The van der Waals surface area contributed by atoms with E-state index in [0.717, 1.165) is 30.6 Å². The molecule has 0 aliphatic rings. The number of nitrogens with zero attached hydrogens (tertiary/aromatic N) is 2. The highest BCUT2D eigenvalue weighted by Gasteiger charge is 2.18. The topological polar surface area (TPSA) is 52.0 Å². The Morgan fingerprint density at radius 1 is 1.27 bits per heavy atom. The van der Waals surface area contributed by atoms with E-state index in [9.17, 15) is 9.59 Å². The number of hydrogen-bond acceptors (Lipinski definition) is 6. The summed E-state index contributed by atoms with van der Waals surface area (Å²) in [6, 6.07) is 1.93. The van der Waals surface area contributed by atoms with Gasteiger partial charge in [-0.3, -0.25) is 14.2 Å². The predicted octanol–water partition coefficient (Wildman–Crippen LogP) is 4.91. The van der Waals surface area contributed by atoms with Crippen LogP contribution in [0.25, 0.3) is 10.2 Å². The molecule has 4 nitrogen and oxygen atoms in total. The van der Waals surface area contributed by atoms with Gasteiger partial charge in [0.15, 0.2) is 10.9 Å². The summed E-state index contributed by atoms with van der Waals surface area (Å²) in [4.78, 5) is 34.2. The highest BCUT2D eigenvalue weighted by Crippen LogP contribution is 2.29. The Bertz CT molecular complexity index is 1070. The zero-order valence-electron chi connectivity index (χ0n) is 15.2. The summed E-state index contributed by atoms with van der Waals surface area (Å²) in [5, 5.41) is 1.25. The molecule has 0 aromatic carbocycles. The third-order valence-corrected chi connectivity index (χ3v) is 7.28. The van der Waals surface area contributed by atoms with Crippen LogP contribution in [0, 0.1) is 27.7 Å². The minimum Gasteiger partial charge on any atom is -0.293 e. The Labute approximate surface area is 164 Å². The summed E-state index contributed by atoms with van der Waals surface area (Å²) in [7, 11) is 0. The second-order valence-electron chi connectivity index (χ2n) is 6.10. The van der Waals surface area contributed by atoms with Crippen LogP contribution in [0.5, 0.6) is 0 Å². The second kappa shape index (κ2) is 7.50. The van der Waals surface area contributed by atoms with E-state index in [2.05, 4.69) is 11.6 Å². The highest BCUT2D eigenvalue weighted by molar-refractivity contribution is 7.99. The monoisotopic (exact) mass is 404 g/mol. The Kier molecular flexibility index (Phi) is 5.50. The van der Waals surface area contributed by atoms with Crippen LogP contribution in [0.15, 0.2) is 28.7 Å². The number of Topliss-reactive ketones (excluding diaryl/α,β-unsaturated/α-hetero) is 1. The van der Waals surface area contributed by atoms with Crippen molar-refractivity contribution in [3.8, 4) is 0 Å². The van der Waals surface area contributed by atoms with Crippen LogP contribution in [-0.4, -0.2) is 21.1 Å². The Hall–Kier alpha value is -1.70. The van der Waals surface area contributed by atoms with Crippen molar-refractivity contribution in [1.29, 1.82) is 0 Å². The lowest BCUT2D eigenvalue weighted by molar-refractivity contribution is 0.102. The molecule has 0 aliphatic heterocycles. The predicted molar refractivity (Wildman–Crippen MR) is 112 cm³/mol. The molecule has 7 heteroatoms. The van der Waals surface area contributed by atoms with E-state index in [-0.39, 0.29) is 17.1 Å². The van der Waals surface area contributed by atoms with Gasteiger partial charge in [0.05, 0.1) is 11.1 Å². The maximum atomic E-state index is 12.9. The van der Waals surface area contributed by atoms with Crippen molar-refractivity contribution in [3.05, 3.63) is 54.8 Å². The van der Waals surface area contributed by atoms with Gasteiger partial charge in [0.1, 0.15) is 4.83 Å². The van der Waals surface area contributed by atoms with Crippen LogP contribution in [0.3, 0.4) is 0 Å². The summed E-state index contributed by atoms with van der Waals surface area (Å²) in [5.41, 5.74) is 1.69. The normalized spacial score (nSPS) is 11.2. The Balaban J connectivity index is 1.97. The van der Waals surface area contributed by atoms with Gasteiger partial charge in [0.2, 0.25) is 0 Å². The van der Waals surface area contributed by atoms with E-state index in [1.165, 1.54) is 23.1 Å². The number of hydrogen-bond donors (Lipinski definition) is 0. The SMILES string of the molecule is C=CCn1c(SCC(=O)c2cc(C)sc2C)nc2sc(C)c(C)c2c1=O. The lowest BCUT2D eigenvalue weighted by Crippen LogP contribution is -2.23. The minimum atomic E-state index is -0.0609. The van der Waals surface area contributed by atoms with Gasteiger partial charge in [-0.05, 0) is 39.3 Å². The van der Waals surface area contributed by atoms with Crippen LogP contribution < -0.4 is 5.56 Å². The molecule has 0 unspecified atom stereocenters. The van der Waals surface area contributed by atoms with Crippen molar-refractivity contribution in [2.75, 3.05) is 5.75 Å². The maximum absolute atomic E-state index is 12.9. The number of ketones is 1.